The zero-order valence-corrected chi connectivity index (χ0v) is 18.1. The molecule has 1 aliphatic heterocycles. The monoisotopic (exact) mass is 421 g/mol. The van der Waals surface area contributed by atoms with Gasteiger partial charge < -0.3 is 4.52 Å². The van der Waals surface area contributed by atoms with E-state index >= 15 is 0 Å². The first kappa shape index (κ1) is 21.0. The van der Waals surface area contributed by atoms with Crippen molar-refractivity contribution in [3.05, 3.63) is 70.6 Å². The maximum absolute atomic E-state index is 13.1. The number of amides is 1. The van der Waals surface area contributed by atoms with Crippen LogP contribution >= 0.6 is 0 Å². The van der Waals surface area contributed by atoms with Crippen LogP contribution in [-0.2, 0) is 0 Å². The Bertz CT molecular complexity index is 1090. The average Bonchev–Trinajstić information content (AvgIpc) is 3.33. The van der Waals surface area contributed by atoms with Crippen LogP contribution in [-0.4, -0.2) is 51.0 Å². The number of hydrogen-bond donors (Lipinski definition) is 1. The first-order valence-electron chi connectivity index (χ1n) is 10.5. The topological polar surface area (TPSA) is 93.3 Å². The second-order valence-electron chi connectivity index (χ2n) is 8.10. The minimum atomic E-state index is -0.213. The molecule has 0 saturated carbocycles. The molecule has 162 valence electrons. The van der Waals surface area contributed by atoms with Gasteiger partial charge >= 0.3 is 0 Å². The fourth-order valence-corrected chi connectivity index (χ4v) is 4.14. The number of nitrogens with one attached hydrogen (secondary N) is 1. The van der Waals surface area contributed by atoms with Crippen LogP contribution in [0.2, 0.25) is 0 Å². The van der Waals surface area contributed by atoms with Gasteiger partial charge in [0.15, 0.2) is 11.6 Å². The summed E-state index contributed by atoms with van der Waals surface area (Å²) in [5, 5.41) is 3.89. The molecule has 0 aliphatic carbocycles. The van der Waals surface area contributed by atoms with Crippen molar-refractivity contribution in [3.8, 4) is 0 Å². The first-order valence-corrected chi connectivity index (χ1v) is 10.5. The van der Waals surface area contributed by atoms with Crippen molar-refractivity contribution in [2.24, 2.45) is 0 Å². The molecule has 1 aliphatic rings. The highest BCUT2D eigenvalue weighted by atomic mass is 16.5. The highest BCUT2D eigenvalue weighted by molar-refractivity contribution is 6.01. The van der Waals surface area contributed by atoms with Crippen LogP contribution < -0.4 is 5.43 Å². The zero-order valence-electron chi connectivity index (χ0n) is 18.1. The molecule has 4 rings (SSSR count). The lowest BCUT2D eigenvalue weighted by Gasteiger charge is -2.30. The molecule has 1 unspecified atom stereocenters. The highest BCUT2D eigenvalue weighted by Gasteiger charge is 2.28. The van der Waals surface area contributed by atoms with Crippen molar-refractivity contribution in [1.82, 2.24) is 19.7 Å². The fraction of sp³-hybridized carbons (Fsp3) is 0.391. The zero-order chi connectivity index (χ0) is 22.0. The maximum Gasteiger partial charge on any atom is 0.270 e. The highest BCUT2D eigenvalue weighted by Crippen LogP contribution is 2.26. The summed E-state index contributed by atoms with van der Waals surface area (Å²) in [5.74, 6) is 1.26. The van der Waals surface area contributed by atoms with Crippen LogP contribution in [0.5, 0.6) is 0 Å². The van der Waals surface area contributed by atoms with E-state index in [1.807, 2.05) is 45.0 Å². The third-order valence-corrected chi connectivity index (χ3v) is 5.75. The summed E-state index contributed by atoms with van der Waals surface area (Å²) < 4.78 is 7.02. The summed E-state index contributed by atoms with van der Waals surface area (Å²) >= 11 is 0. The maximum atomic E-state index is 13.1. The number of Topliss-reactive ketones (excluding diaryl/α,β-unsaturated/α-hetero) is 1. The lowest BCUT2D eigenvalue weighted by atomic mass is 9.97. The van der Waals surface area contributed by atoms with Gasteiger partial charge in [0.2, 0.25) is 5.89 Å². The van der Waals surface area contributed by atoms with Gasteiger partial charge in [0, 0.05) is 29.1 Å². The Balaban J connectivity index is 1.44. The van der Waals surface area contributed by atoms with E-state index in [2.05, 4.69) is 20.5 Å². The SMILES string of the molecule is Cc1noc(C2CCCN(CC(=O)c3cc(C)n(NC(=O)c4ccccc4)c3C)C2)n1. The predicted molar refractivity (Wildman–Crippen MR) is 116 cm³/mol. The second kappa shape index (κ2) is 8.85. The largest absolute Gasteiger partial charge is 0.339 e. The number of aromatic nitrogens is 3. The lowest BCUT2D eigenvalue weighted by molar-refractivity contribution is 0.0897. The number of carbonyl (C=O) groups excluding carboxylic acids is 2. The van der Waals surface area contributed by atoms with Crippen LogP contribution in [0, 0.1) is 20.8 Å². The van der Waals surface area contributed by atoms with Crippen LogP contribution in [0.4, 0.5) is 0 Å². The van der Waals surface area contributed by atoms with Crippen molar-refractivity contribution in [1.29, 1.82) is 0 Å². The second-order valence-corrected chi connectivity index (χ2v) is 8.10. The normalized spacial score (nSPS) is 16.9. The van der Waals surface area contributed by atoms with E-state index in [4.69, 9.17) is 4.52 Å². The molecule has 8 nitrogen and oxygen atoms in total. The molecule has 1 N–H and O–H groups in total. The molecule has 0 bridgehead atoms. The van der Waals surface area contributed by atoms with Gasteiger partial charge in [-0.3, -0.25) is 24.6 Å². The minimum absolute atomic E-state index is 0.0377. The van der Waals surface area contributed by atoms with E-state index < -0.39 is 0 Å². The Morgan fingerprint density at radius 3 is 2.68 bits per heavy atom. The molecule has 3 aromatic rings. The number of rotatable bonds is 6. The molecular formula is C23H27N5O3. The molecule has 2 aromatic heterocycles. The van der Waals surface area contributed by atoms with Crippen LogP contribution in [0.15, 0.2) is 40.9 Å². The molecule has 1 saturated heterocycles. The Kier molecular flexibility index (Phi) is 5.99. The predicted octanol–water partition coefficient (Wildman–Crippen LogP) is 3.24. The van der Waals surface area contributed by atoms with E-state index in [9.17, 15) is 9.59 Å². The van der Waals surface area contributed by atoms with Gasteiger partial charge in [0.1, 0.15) is 0 Å². The molecule has 0 spiro atoms. The van der Waals surface area contributed by atoms with Crippen molar-refractivity contribution < 1.29 is 14.1 Å². The van der Waals surface area contributed by atoms with Crippen LogP contribution in [0.25, 0.3) is 0 Å². The molecule has 1 aromatic carbocycles. The average molecular weight is 422 g/mol. The molecule has 31 heavy (non-hydrogen) atoms. The lowest BCUT2D eigenvalue weighted by Crippen LogP contribution is -2.38. The van der Waals surface area contributed by atoms with E-state index in [0.29, 0.717) is 29.4 Å². The number of nitrogens with zero attached hydrogens (tertiary/aromatic N) is 4. The summed E-state index contributed by atoms with van der Waals surface area (Å²) in [6.45, 7) is 7.44. The van der Waals surface area contributed by atoms with Gasteiger partial charge in [-0.05, 0) is 58.4 Å². The van der Waals surface area contributed by atoms with Gasteiger partial charge in [0.25, 0.3) is 5.91 Å². The van der Waals surface area contributed by atoms with Gasteiger partial charge in [-0.25, -0.2) is 0 Å². The standard InChI is InChI=1S/C23H27N5O3/c1-15-12-20(16(2)28(15)25-22(30)18-8-5-4-6-9-18)21(29)14-27-11-7-10-19(13-27)23-24-17(3)26-31-23/h4-6,8-9,12,19H,7,10-11,13-14H2,1-3H3,(H,25,30). The van der Waals surface area contributed by atoms with Crippen molar-refractivity contribution >= 4 is 11.7 Å². The Labute approximate surface area is 181 Å². The van der Waals surface area contributed by atoms with Crippen molar-refractivity contribution in [3.63, 3.8) is 0 Å². The number of piperidine rings is 1. The van der Waals surface area contributed by atoms with Gasteiger partial charge in [-0.2, -0.15) is 4.98 Å². The minimum Gasteiger partial charge on any atom is -0.339 e. The van der Waals surface area contributed by atoms with Crippen molar-refractivity contribution in [2.45, 2.75) is 39.5 Å². The van der Waals surface area contributed by atoms with Gasteiger partial charge in [0.05, 0.1) is 12.5 Å². The summed E-state index contributed by atoms with van der Waals surface area (Å²) in [5.41, 5.74) is 5.62. The molecule has 1 amide bonds. The van der Waals surface area contributed by atoms with Crippen molar-refractivity contribution in [2.75, 3.05) is 25.1 Å². The van der Waals surface area contributed by atoms with Gasteiger partial charge in [-0.1, -0.05) is 23.4 Å². The molecule has 8 heteroatoms. The Morgan fingerprint density at radius 2 is 1.97 bits per heavy atom. The molecular weight excluding hydrogens is 394 g/mol. The number of benzene rings is 1. The van der Waals surface area contributed by atoms with Crippen LogP contribution in [0.1, 0.15) is 62.6 Å². The summed E-state index contributed by atoms with van der Waals surface area (Å²) in [6, 6.07) is 10.9. The molecule has 3 heterocycles. The summed E-state index contributed by atoms with van der Waals surface area (Å²) in [7, 11) is 0. The Morgan fingerprint density at radius 1 is 1.19 bits per heavy atom. The van der Waals surface area contributed by atoms with E-state index in [1.54, 1.807) is 16.8 Å². The number of likely N-dealkylation sites (tertiary alicyclic amines) is 1. The summed E-state index contributed by atoms with van der Waals surface area (Å²) in [6.07, 6.45) is 1.96. The van der Waals surface area contributed by atoms with Gasteiger partial charge in [-0.15, -0.1) is 0 Å². The number of aryl methyl sites for hydroxylation is 2. The van der Waals surface area contributed by atoms with E-state index in [1.165, 1.54) is 0 Å². The number of ketones is 1. The van der Waals surface area contributed by atoms with Crippen LogP contribution in [0.3, 0.4) is 0 Å². The quantitative estimate of drug-likeness (QED) is 0.614. The fourth-order valence-electron chi connectivity index (χ4n) is 4.14. The molecule has 0 radical (unpaired) electrons. The first-order chi connectivity index (χ1) is 14.9. The van der Waals surface area contributed by atoms with E-state index in [-0.39, 0.29) is 17.6 Å². The molecule has 1 atom stereocenters. The Hall–Kier alpha value is -3.26. The number of carbonyl (C=O) groups is 2. The summed E-state index contributed by atoms with van der Waals surface area (Å²) in [4.78, 5) is 32.1. The number of hydrogen-bond acceptors (Lipinski definition) is 6. The third-order valence-electron chi connectivity index (χ3n) is 5.75. The molecule has 1 fully saturated rings. The van der Waals surface area contributed by atoms with E-state index in [0.717, 1.165) is 37.3 Å². The smallest absolute Gasteiger partial charge is 0.270 e. The third kappa shape index (κ3) is 4.59.